The Hall–Kier alpha value is -3.39. The Kier molecular flexibility index (Phi) is 7.83. The van der Waals surface area contributed by atoms with Crippen LogP contribution < -0.4 is 10.6 Å². The number of hydrogen-bond donors (Lipinski definition) is 4. The third-order valence-electron chi connectivity index (χ3n) is 5.42. The second-order valence-electron chi connectivity index (χ2n) is 8.07. The molecule has 2 amide bonds. The number of aliphatic hydroxyl groups excluding tert-OH is 1. The molecule has 4 N–H and O–H groups in total. The first kappa shape index (κ1) is 23.3. The SMILES string of the molecule is CC(CNC(=O)OCC1c2ccccc2-c2ccccc21)CC(=O)NCC(O)CC(=O)O. The number of aliphatic hydroxyl groups is 1. The molecule has 1 aliphatic carbocycles. The Morgan fingerprint density at radius 2 is 1.53 bits per heavy atom. The molecular formula is C24H28N2O6. The van der Waals surface area contributed by atoms with E-state index in [4.69, 9.17) is 9.84 Å². The van der Waals surface area contributed by atoms with Gasteiger partial charge in [-0.15, -0.1) is 0 Å². The quantitative estimate of drug-likeness (QED) is 0.450. The summed E-state index contributed by atoms with van der Waals surface area (Å²) in [5.74, 6) is -1.63. The van der Waals surface area contributed by atoms with E-state index >= 15 is 0 Å². The molecule has 0 saturated carbocycles. The largest absolute Gasteiger partial charge is 0.481 e. The topological polar surface area (TPSA) is 125 Å². The maximum Gasteiger partial charge on any atom is 0.407 e. The first-order valence-electron chi connectivity index (χ1n) is 10.6. The van der Waals surface area contributed by atoms with Crippen molar-refractivity contribution in [1.82, 2.24) is 10.6 Å². The minimum absolute atomic E-state index is 0.0198. The number of carbonyl (C=O) groups is 3. The van der Waals surface area contributed by atoms with Crippen LogP contribution in [0.25, 0.3) is 11.1 Å². The maximum absolute atomic E-state index is 12.2. The predicted molar refractivity (Wildman–Crippen MR) is 118 cm³/mol. The normalized spacial score (nSPS) is 14.1. The van der Waals surface area contributed by atoms with Gasteiger partial charge in [-0.25, -0.2) is 4.79 Å². The van der Waals surface area contributed by atoms with Gasteiger partial charge >= 0.3 is 12.1 Å². The van der Waals surface area contributed by atoms with Crippen LogP contribution in [0, 0.1) is 5.92 Å². The molecule has 2 aromatic carbocycles. The zero-order chi connectivity index (χ0) is 23.1. The molecule has 0 radical (unpaired) electrons. The lowest BCUT2D eigenvalue weighted by Crippen LogP contribution is -2.36. The van der Waals surface area contributed by atoms with E-state index in [2.05, 4.69) is 34.9 Å². The van der Waals surface area contributed by atoms with Crippen molar-refractivity contribution in [3.63, 3.8) is 0 Å². The van der Waals surface area contributed by atoms with Gasteiger partial charge in [0.2, 0.25) is 5.91 Å². The average molecular weight is 440 g/mol. The van der Waals surface area contributed by atoms with Gasteiger partial charge in [0.25, 0.3) is 0 Å². The number of carboxylic acid groups (broad SMARTS) is 1. The number of nitrogens with one attached hydrogen (secondary N) is 2. The predicted octanol–water partition coefficient (Wildman–Crippen LogP) is 2.50. The number of benzene rings is 2. The molecule has 0 saturated heterocycles. The standard InChI is InChI=1S/C24H28N2O6/c1-15(10-22(28)25-13-16(27)11-23(29)30)12-26-24(31)32-14-21-19-8-4-2-6-17(19)18-7-3-5-9-20(18)21/h2-9,15-16,21,27H,10-14H2,1H3,(H,25,28)(H,26,31)(H,29,30). The second kappa shape index (κ2) is 10.8. The smallest absolute Gasteiger partial charge is 0.407 e. The second-order valence-corrected chi connectivity index (χ2v) is 8.07. The Balaban J connectivity index is 1.42. The molecule has 2 atom stereocenters. The number of hydrogen-bond acceptors (Lipinski definition) is 5. The summed E-state index contributed by atoms with van der Waals surface area (Å²) >= 11 is 0. The number of ether oxygens (including phenoxy) is 1. The fourth-order valence-corrected chi connectivity index (χ4v) is 3.87. The third kappa shape index (κ3) is 6.07. The van der Waals surface area contributed by atoms with E-state index in [1.165, 1.54) is 0 Å². The first-order chi connectivity index (χ1) is 15.3. The lowest BCUT2D eigenvalue weighted by molar-refractivity contribution is -0.139. The Labute approximate surface area is 186 Å². The van der Waals surface area contributed by atoms with Crippen molar-refractivity contribution in [2.45, 2.75) is 31.8 Å². The van der Waals surface area contributed by atoms with Crippen molar-refractivity contribution < 1.29 is 29.3 Å². The minimum Gasteiger partial charge on any atom is -0.481 e. The van der Waals surface area contributed by atoms with E-state index in [9.17, 15) is 19.5 Å². The van der Waals surface area contributed by atoms with E-state index < -0.39 is 24.6 Å². The van der Waals surface area contributed by atoms with Gasteiger partial charge < -0.3 is 25.6 Å². The molecule has 3 rings (SSSR count). The fraction of sp³-hybridized carbons (Fsp3) is 0.375. The van der Waals surface area contributed by atoms with Gasteiger partial charge in [-0.3, -0.25) is 9.59 Å². The van der Waals surface area contributed by atoms with Crippen molar-refractivity contribution in [1.29, 1.82) is 0 Å². The average Bonchev–Trinajstić information content (AvgIpc) is 3.08. The molecular weight excluding hydrogens is 412 g/mol. The molecule has 32 heavy (non-hydrogen) atoms. The van der Waals surface area contributed by atoms with Gasteiger partial charge in [-0.05, 0) is 28.2 Å². The molecule has 170 valence electrons. The van der Waals surface area contributed by atoms with Crippen molar-refractivity contribution in [3.8, 4) is 11.1 Å². The Morgan fingerprint density at radius 3 is 2.12 bits per heavy atom. The molecule has 0 bridgehead atoms. The highest BCUT2D eigenvalue weighted by atomic mass is 16.5. The number of fused-ring (bicyclic) bond motifs is 3. The maximum atomic E-state index is 12.2. The number of carbonyl (C=O) groups excluding carboxylic acids is 2. The van der Waals surface area contributed by atoms with Crippen molar-refractivity contribution in [2.24, 2.45) is 5.92 Å². The van der Waals surface area contributed by atoms with Gasteiger partial charge in [-0.2, -0.15) is 0 Å². The van der Waals surface area contributed by atoms with Crippen molar-refractivity contribution in [2.75, 3.05) is 19.7 Å². The minimum atomic E-state index is -1.13. The Morgan fingerprint density at radius 1 is 0.938 bits per heavy atom. The fourth-order valence-electron chi connectivity index (χ4n) is 3.87. The summed E-state index contributed by atoms with van der Waals surface area (Å²) in [6.45, 7) is 2.15. The van der Waals surface area contributed by atoms with Gasteiger partial charge in [0.05, 0.1) is 12.5 Å². The molecule has 8 heteroatoms. The molecule has 2 unspecified atom stereocenters. The highest BCUT2D eigenvalue weighted by Gasteiger charge is 2.29. The van der Waals surface area contributed by atoms with Crippen LogP contribution in [0.3, 0.4) is 0 Å². The summed E-state index contributed by atoms with van der Waals surface area (Å²) in [5, 5.41) is 23.3. The van der Waals surface area contributed by atoms with E-state index in [1.807, 2.05) is 24.3 Å². The van der Waals surface area contributed by atoms with Crippen LogP contribution in [0.1, 0.15) is 36.8 Å². The van der Waals surface area contributed by atoms with E-state index in [-0.39, 0.29) is 43.9 Å². The van der Waals surface area contributed by atoms with Gasteiger partial charge in [0.15, 0.2) is 0 Å². The summed E-state index contributed by atoms with van der Waals surface area (Å²) in [5.41, 5.74) is 4.59. The summed E-state index contributed by atoms with van der Waals surface area (Å²) < 4.78 is 5.47. The highest BCUT2D eigenvalue weighted by molar-refractivity contribution is 5.79. The van der Waals surface area contributed by atoms with E-state index in [0.29, 0.717) is 0 Å². The summed E-state index contributed by atoms with van der Waals surface area (Å²) in [6, 6.07) is 16.2. The summed E-state index contributed by atoms with van der Waals surface area (Å²) in [7, 11) is 0. The van der Waals surface area contributed by atoms with Crippen molar-refractivity contribution in [3.05, 3.63) is 59.7 Å². The monoisotopic (exact) mass is 440 g/mol. The van der Waals surface area contributed by atoms with E-state index in [0.717, 1.165) is 22.3 Å². The molecule has 0 spiro atoms. The molecule has 8 nitrogen and oxygen atoms in total. The van der Waals surface area contributed by atoms with Crippen LogP contribution in [0.2, 0.25) is 0 Å². The molecule has 0 heterocycles. The number of alkyl carbamates (subject to hydrolysis) is 1. The highest BCUT2D eigenvalue weighted by Crippen LogP contribution is 2.44. The van der Waals surface area contributed by atoms with E-state index in [1.54, 1.807) is 6.92 Å². The summed E-state index contributed by atoms with van der Waals surface area (Å²) in [4.78, 5) is 34.6. The van der Waals surface area contributed by atoms with Gasteiger partial charge in [0, 0.05) is 25.4 Å². The first-order valence-corrected chi connectivity index (χ1v) is 10.6. The third-order valence-corrected chi connectivity index (χ3v) is 5.42. The van der Waals surface area contributed by atoms with Crippen LogP contribution in [0.5, 0.6) is 0 Å². The number of aliphatic carboxylic acids is 1. The van der Waals surface area contributed by atoms with Crippen LogP contribution in [0.4, 0.5) is 4.79 Å². The number of amides is 2. The van der Waals surface area contributed by atoms with Crippen molar-refractivity contribution >= 4 is 18.0 Å². The zero-order valence-corrected chi connectivity index (χ0v) is 17.9. The van der Waals surface area contributed by atoms with Gasteiger partial charge in [-0.1, -0.05) is 55.5 Å². The Bertz CT molecular complexity index is 931. The number of carboxylic acids is 1. The van der Waals surface area contributed by atoms with Crippen LogP contribution >= 0.6 is 0 Å². The lowest BCUT2D eigenvalue weighted by Gasteiger charge is -2.16. The zero-order valence-electron chi connectivity index (χ0n) is 17.9. The summed E-state index contributed by atoms with van der Waals surface area (Å²) in [6.07, 6.45) is -1.98. The lowest BCUT2D eigenvalue weighted by atomic mass is 9.98. The van der Waals surface area contributed by atoms with Crippen LogP contribution in [-0.2, 0) is 14.3 Å². The molecule has 0 aromatic heterocycles. The molecule has 1 aliphatic rings. The molecule has 2 aromatic rings. The molecule has 0 fully saturated rings. The molecule has 0 aliphatic heterocycles. The number of rotatable bonds is 10. The van der Waals surface area contributed by atoms with Crippen LogP contribution in [-0.4, -0.2) is 54.0 Å². The van der Waals surface area contributed by atoms with Crippen LogP contribution in [0.15, 0.2) is 48.5 Å². The van der Waals surface area contributed by atoms with Gasteiger partial charge in [0.1, 0.15) is 6.61 Å².